The Balaban J connectivity index is 2.81. The van der Waals surface area contributed by atoms with Crippen LogP contribution in [0.4, 0.5) is 0 Å². The average molecular weight is 170 g/mol. The Labute approximate surface area is 74.3 Å². The average Bonchev–Trinajstić information content (AvgIpc) is 2.32. The zero-order valence-corrected chi connectivity index (χ0v) is 8.39. The van der Waals surface area contributed by atoms with Gasteiger partial charge in [0.1, 0.15) is 0 Å². The number of hydrogen-bond acceptors (Lipinski definition) is 2. The van der Waals surface area contributed by atoms with Gasteiger partial charge in [-0.1, -0.05) is 27.7 Å². The highest BCUT2D eigenvalue weighted by atomic mass is 16.5. The summed E-state index contributed by atoms with van der Waals surface area (Å²) in [6.07, 6.45) is 0.600. The molecule has 0 amide bonds. The molecule has 0 aromatic rings. The summed E-state index contributed by atoms with van der Waals surface area (Å²) < 4.78 is 5.05. The van der Waals surface area contributed by atoms with Gasteiger partial charge in [-0.05, 0) is 11.8 Å². The van der Waals surface area contributed by atoms with Gasteiger partial charge in [0.25, 0.3) is 0 Å². The van der Waals surface area contributed by atoms with Gasteiger partial charge >= 0.3 is 5.97 Å². The van der Waals surface area contributed by atoms with Crippen LogP contribution in [0.2, 0.25) is 0 Å². The summed E-state index contributed by atoms with van der Waals surface area (Å²) >= 11 is 0. The van der Waals surface area contributed by atoms with Crippen LogP contribution < -0.4 is 0 Å². The third-order valence-electron chi connectivity index (χ3n) is 3.28. The van der Waals surface area contributed by atoms with Crippen molar-refractivity contribution in [2.75, 3.05) is 6.61 Å². The molecular weight excluding hydrogens is 152 g/mol. The summed E-state index contributed by atoms with van der Waals surface area (Å²) in [5.41, 5.74) is 0.0943. The van der Waals surface area contributed by atoms with Crippen LogP contribution in [0.1, 0.15) is 34.1 Å². The molecule has 1 saturated heterocycles. The Morgan fingerprint density at radius 1 is 1.25 bits per heavy atom. The molecule has 1 fully saturated rings. The van der Waals surface area contributed by atoms with E-state index in [2.05, 4.69) is 27.7 Å². The van der Waals surface area contributed by atoms with Crippen LogP contribution in [0.5, 0.6) is 0 Å². The summed E-state index contributed by atoms with van der Waals surface area (Å²) in [5, 5.41) is 0. The molecule has 1 aliphatic rings. The van der Waals surface area contributed by atoms with E-state index in [1.165, 1.54) is 0 Å². The number of cyclic esters (lactones) is 1. The van der Waals surface area contributed by atoms with E-state index in [-0.39, 0.29) is 11.4 Å². The van der Waals surface area contributed by atoms with E-state index in [1.54, 1.807) is 0 Å². The number of carbonyl (C=O) groups is 1. The van der Waals surface area contributed by atoms with Gasteiger partial charge in [-0.2, -0.15) is 0 Å². The van der Waals surface area contributed by atoms with Gasteiger partial charge in [0.2, 0.25) is 0 Å². The molecule has 0 unspecified atom stereocenters. The normalized spacial score (nSPS) is 22.0. The van der Waals surface area contributed by atoms with E-state index in [1.807, 2.05) is 0 Å². The number of ether oxygens (including phenoxy) is 1. The summed E-state index contributed by atoms with van der Waals surface area (Å²) in [5.74, 6) is 1.00. The second-order valence-electron chi connectivity index (χ2n) is 4.38. The lowest BCUT2D eigenvalue weighted by molar-refractivity contribution is -0.137. The Morgan fingerprint density at radius 3 is 1.92 bits per heavy atom. The van der Waals surface area contributed by atoms with Gasteiger partial charge in [-0.3, -0.25) is 4.79 Å². The molecule has 70 valence electrons. The lowest BCUT2D eigenvalue weighted by atomic mass is 9.68. The third-order valence-corrected chi connectivity index (χ3v) is 3.28. The van der Waals surface area contributed by atoms with E-state index in [0.29, 0.717) is 24.9 Å². The first kappa shape index (κ1) is 9.56. The minimum absolute atomic E-state index is 0.0302. The first-order valence-electron chi connectivity index (χ1n) is 4.64. The summed E-state index contributed by atoms with van der Waals surface area (Å²) in [6, 6.07) is 0. The standard InChI is InChI=1S/C10H18O2/c1-7(2)10(8(3)4)5-9(11)12-6-10/h7-8H,5-6H2,1-4H3. The number of esters is 1. The molecule has 1 aliphatic heterocycles. The number of rotatable bonds is 2. The molecule has 0 atom stereocenters. The highest BCUT2D eigenvalue weighted by Gasteiger charge is 2.45. The van der Waals surface area contributed by atoms with Crippen molar-refractivity contribution in [2.24, 2.45) is 17.3 Å². The van der Waals surface area contributed by atoms with Crippen LogP contribution in [0, 0.1) is 17.3 Å². The maximum atomic E-state index is 11.0. The van der Waals surface area contributed by atoms with Gasteiger partial charge < -0.3 is 4.74 Å². The van der Waals surface area contributed by atoms with Crippen LogP contribution in [-0.2, 0) is 9.53 Å². The number of carbonyl (C=O) groups excluding carboxylic acids is 1. The molecule has 0 bridgehead atoms. The summed E-state index contributed by atoms with van der Waals surface area (Å²) in [4.78, 5) is 11.0. The monoisotopic (exact) mass is 170 g/mol. The largest absolute Gasteiger partial charge is 0.465 e. The zero-order chi connectivity index (χ0) is 9.35. The smallest absolute Gasteiger partial charge is 0.306 e. The quantitative estimate of drug-likeness (QED) is 0.594. The van der Waals surface area contributed by atoms with Crippen molar-refractivity contribution >= 4 is 5.97 Å². The molecule has 1 heterocycles. The molecule has 1 rings (SSSR count). The van der Waals surface area contributed by atoms with Gasteiger partial charge in [0.15, 0.2) is 0 Å². The molecule has 2 nitrogen and oxygen atoms in total. The molecular formula is C10H18O2. The highest BCUT2D eigenvalue weighted by molar-refractivity contribution is 5.72. The van der Waals surface area contributed by atoms with Crippen LogP contribution in [-0.4, -0.2) is 12.6 Å². The fraction of sp³-hybridized carbons (Fsp3) is 0.900. The van der Waals surface area contributed by atoms with Gasteiger partial charge in [-0.25, -0.2) is 0 Å². The fourth-order valence-corrected chi connectivity index (χ4v) is 1.99. The third kappa shape index (κ3) is 1.35. The van der Waals surface area contributed by atoms with E-state index >= 15 is 0 Å². The maximum absolute atomic E-state index is 11.0. The zero-order valence-electron chi connectivity index (χ0n) is 8.39. The molecule has 0 radical (unpaired) electrons. The summed E-state index contributed by atoms with van der Waals surface area (Å²) in [7, 11) is 0. The van der Waals surface area contributed by atoms with Crippen molar-refractivity contribution in [1.82, 2.24) is 0 Å². The fourth-order valence-electron chi connectivity index (χ4n) is 1.99. The molecule has 0 aromatic heterocycles. The SMILES string of the molecule is CC(C)C1(C(C)C)COC(=O)C1. The lowest BCUT2D eigenvalue weighted by Crippen LogP contribution is -2.33. The van der Waals surface area contributed by atoms with E-state index in [9.17, 15) is 4.79 Å². The first-order valence-corrected chi connectivity index (χ1v) is 4.64. The maximum Gasteiger partial charge on any atom is 0.306 e. The van der Waals surface area contributed by atoms with Crippen molar-refractivity contribution in [1.29, 1.82) is 0 Å². The predicted octanol–water partition coefficient (Wildman–Crippen LogP) is 2.23. The molecule has 0 saturated carbocycles. The van der Waals surface area contributed by atoms with Crippen LogP contribution in [0.3, 0.4) is 0 Å². The van der Waals surface area contributed by atoms with Gasteiger partial charge in [0.05, 0.1) is 13.0 Å². The molecule has 0 spiro atoms. The second-order valence-corrected chi connectivity index (χ2v) is 4.38. The summed E-state index contributed by atoms with van der Waals surface area (Å²) in [6.45, 7) is 9.29. The highest BCUT2D eigenvalue weighted by Crippen LogP contribution is 2.43. The van der Waals surface area contributed by atoms with Crippen molar-refractivity contribution in [2.45, 2.75) is 34.1 Å². The topological polar surface area (TPSA) is 26.3 Å². The Bertz CT molecular complexity index is 174. The molecule has 12 heavy (non-hydrogen) atoms. The van der Waals surface area contributed by atoms with Crippen molar-refractivity contribution < 1.29 is 9.53 Å². The first-order chi connectivity index (χ1) is 5.49. The van der Waals surface area contributed by atoms with Gasteiger partial charge in [0, 0.05) is 5.41 Å². The van der Waals surface area contributed by atoms with Crippen molar-refractivity contribution in [3.8, 4) is 0 Å². The van der Waals surface area contributed by atoms with Crippen LogP contribution >= 0.6 is 0 Å². The predicted molar refractivity (Wildman–Crippen MR) is 47.7 cm³/mol. The second kappa shape index (κ2) is 3.08. The van der Waals surface area contributed by atoms with Gasteiger partial charge in [-0.15, -0.1) is 0 Å². The number of hydrogen-bond donors (Lipinski definition) is 0. The minimum atomic E-state index is -0.0302. The Kier molecular flexibility index (Phi) is 2.45. The van der Waals surface area contributed by atoms with Crippen molar-refractivity contribution in [3.63, 3.8) is 0 Å². The van der Waals surface area contributed by atoms with Crippen molar-refractivity contribution in [3.05, 3.63) is 0 Å². The molecule has 2 heteroatoms. The van der Waals surface area contributed by atoms with Crippen LogP contribution in [0.25, 0.3) is 0 Å². The van der Waals surface area contributed by atoms with E-state index < -0.39 is 0 Å². The minimum Gasteiger partial charge on any atom is -0.465 e. The lowest BCUT2D eigenvalue weighted by Gasteiger charge is -2.34. The van der Waals surface area contributed by atoms with Crippen LogP contribution in [0.15, 0.2) is 0 Å². The molecule has 0 aromatic carbocycles. The van der Waals surface area contributed by atoms with E-state index in [0.717, 1.165) is 0 Å². The Hall–Kier alpha value is -0.530. The molecule has 0 aliphatic carbocycles. The van der Waals surface area contributed by atoms with E-state index in [4.69, 9.17) is 4.74 Å². The molecule has 0 N–H and O–H groups in total. The Morgan fingerprint density at radius 2 is 1.75 bits per heavy atom.